The quantitative estimate of drug-likeness (QED) is 0.260. The summed E-state index contributed by atoms with van der Waals surface area (Å²) in [6.07, 6.45) is 1.21. The summed E-state index contributed by atoms with van der Waals surface area (Å²) in [4.78, 5) is 40.8. The molecule has 0 aromatic heterocycles. The zero-order valence-electron chi connectivity index (χ0n) is 21.6. The fourth-order valence-corrected chi connectivity index (χ4v) is 4.47. The summed E-state index contributed by atoms with van der Waals surface area (Å²) >= 11 is 0. The maximum absolute atomic E-state index is 13.7. The second-order valence-electron chi connectivity index (χ2n) is 9.28. The van der Waals surface area contributed by atoms with Crippen LogP contribution in [-0.4, -0.2) is 73.2 Å². The van der Waals surface area contributed by atoms with Crippen molar-refractivity contribution in [2.75, 3.05) is 20.3 Å². The molecule has 1 saturated heterocycles. The van der Waals surface area contributed by atoms with E-state index in [0.29, 0.717) is 32.4 Å². The Morgan fingerprint density at radius 3 is 2.37 bits per heavy atom. The average molecular weight is 524 g/mol. The van der Waals surface area contributed by atoms with Crippen LogP contribution < -0.4 is 15.7 Å². The molecule has 2 aromatic carbocycles. The molecule has 1 fully saturated rings. The van der Waals surface area contributed by atoms with Crippen molar-refractivity contribution in [1.29, 1.82) is 0 Å². The summed E-state index contributed by atoms with van der Waals surface area (Å²) in [7, 11) is -0.464. The number of hydrogen-bond acceptors (Lipinski definition) is 7. The van der Waals surface area contributed by atoms with Gasteiger partial charge in [-0.15, -0.1) is 0 Å². The number of amides is 3. The number of alkyl carbamates (subject to hydrolysis) is 1. The maximum atomic E-state index is 13.7. The number of methoxy groups -OCH3 is 1. The molecule has 11 heteroatoms. The van der Waals surface area contributed by atoms with Gasteiger partial charge in [-0.1, -0.05) is 60.7 Å². The average Bonchev–Trinajstić information content (AvgIpc) is 3.42. The minimum Gasteiger partial charge on any atom is -0.855 e. The molecule has 3 N–H and O–H groups in total. The highest BCUT2D eigenvalue weighted by Gasteiger charge is 2.38. The Morgan fingerprint density at radius 1 is 1.08 bits per heavy atom. The monoisotopic (exact) mass is 524 g/mol. The molecule has 2 aromatic rings. The van der Waals surface area contributed by atoms with Crippen LogP contribution in [0.25, 0.3) is 0 Å². The van der Waals surface area contributed by atoms with E-state index in [4.69, 9.17) is 9.47 Å². The molecule has 3 rings (SSSR count). The van der Waals surface area contributed by atoms with Crippen LogP contribution in [0.3, 0.4) is 0 Å². The summed E-state index contributed by atoms with van der Waals surface area (Å²) in [5.41, 5.74) is 1.65. The lowest BCUT2D eigenvalue weighted by molar-refractivity contribution is -0.221. The number of ether oxygens (including phenoxy) is 2. The van der Waals surface area contributed by atoms with Gasteiger partial charge in [0.05, 0.1) is 0 Å². The van der Waals surface area contributed by atoms with Crippen molar-refractivity contribution in [3.05, 3.63) is 71.8 Å². The molecule has 38 heavy (non-hydrogen) atoms. The Bertz CT molecular complexity index is 1030. The highest BCUT2D eigenvalue weighted by atomic mass is 16.5. The lowest BCUT2D eigenvalue weighted by Gasteiger charge is -2.31. The largest absolute Gasteiger partial charge is 0.855 e. The van der Waals surface area contributed by atoms with Crippen LogP contribution in [0, 0.1) is 0 Å². The van der Waals surface area contributed by atoms with Gasteiger partial charge in [-0.25, -0.2) is 4.79 Å². The van der Waals surface area contributed by atoms with E-state index in [2.05, 4.69) is 10.6 Å². The van der Waals surface area contributed by atoms with Crippen LogP contribution in [0.4, 0.5) is 4.79 Å². The van der Waals surface area contributed by atoms with E-state index in [1.54, 1.807) is 0 Å². The number of carbonyl (C=O) groups excluding carboxylic acids is 3. The standard InChI is InChI=1S/C27H35BN3O7/c1-37-17-9-15-24(28(35)36)30-25(32)23-14-8-16-31(23)26(33)22(18-20-10-4-2-5-11-20)29-27(34)38-19-21-12-6-3-7-13-21/h2-7,10-13,22-24,35H,8-9,14-19H2,1H3,(H,29,34)(H,30,32)/q-1/t22-,23+,24+/m1/s1. The van der Waals surface area contributed by atoms with Crippen LogP contribution in [0.1, 0.15) is 36.8 Å². The molecule has 1 aliphatic rings. The minimum atomic E-state index is -1.99. The molecule has 1 aliphatic heterocycles. The third-order valence-electron chi connectivity index (χ3n) is 6.46. The first-order valence-electron chi connectivity index (χ1n) is 12.8. The van der Waals surface area contributed by atoms with Crippen LogP contribution in [0.15, 0.2) is 60.7 Å². The Hall–Kier alpha value is -3.41. The van der Waals surface area contributed by atoms with Crippen LogP contribution in [0.5, 0.6) is 0 Å². The fraction of sp³-hybridized carbons (Fsp3) is 0.444. The molecule has 3 atom stereocenters. The van der Waals surface area contributed by atoms with E-state index in [-0.39, 0.29) is 19.4 Å². The molecular weight excluding hydrogens is 489 g/mol. The number of likely N-dealkylation sites (tertiary alicyclic amines) is 1. The second-order valence-corrected chi connectivity index (χ2v) is 9.28. The lowest BCUT2D eigenvalue weighted by Crippen LogP contribution is -2.59. The summed E-state index contributed by atoms with van der Waals surface area (Å²) < 4.78 is 10.3. The Morgan fingerprint density at radius 2 is 1.74 bits per heavy atom. The van der Waals surface area contributed by atoms with Gasteiger partial charge in [-0.3, -0.25) is 9.59 Å². The molecule has 204 valence electrons. The molecule has 0 bridgehead atoms. The van der Waals surface area contributed by atoms with Crippen molar-refractivity contribution in [1.82, 2.24) is 15.5 Å². The minimum absolute atomic E-state index is 0.0512. The molecule has 1 heterocycles. The summed E-state index contributed by atoms with van der Waals surface area (Å²) in [5.74, 6) is -1.92. The lowest BCUT2D eigenvalue weighted by atomic mass is 9.76. The first-order chi connectivity index (χ1) is 18.4. The molecule has 0 radical (unpaired) electrons. The van der Waals surface area contributed by atoms with Crippen molar-refractivity contribution in [3.63, 3.8) is 0 Å². The zero-order chi connectivity index (χ0) is 27.3. The molecular formula is C27H35BN3O7-. The second kappa shape index (κ2) is 15.1. The number of nitrogens with zero attached hydrogens (tertiary/aromatic N) is 1. The van der Waals surface area contributed by atoms with Gasteiger partial charge >= 0.3 is 6.09 Å². The number of hydrogen-bond donors (Lipinski definition) is 3. The van der Waals surface area contributed by atoms with Crippen molar-refractivity contribution in [2.24, 2.45) is 0 Å². The predicted molar refractivity (Wildman–Crippen MR) is 139 cm³/mol. The summed E-state index contributed by atoms with van der Waals surface area (Å²) in [6.45, 7) is 0.771. The zero-order valence-corrected chi connectivity index (χ0v) is 21.6. The van der Waals surface area contributed by atoms with Gasteiger partial charge in [0.15, 0.2) is 0 Å². The Labute approximate surface area is 223 Å². The number of nitrogens with one attached hydrogen (secondary N) is 2. The highest BCUT2D eigenvalue weighted by molar-refractivity contribution is 6.41. The molecule has 0 saturated carbocycles. The first kappa shape index (κ1) is 29.2. The SMILES string of the molecule is COCCC[C@H](NC(=O)[C@@H]1CCCN1C(=O)[C@@H](Cc1ccccc1)NC(=O)OCc1ccccc1)B([O-])O. The molecule has 3 amide bonds. The van der Waals surface area contributed by atoms with Gasteiger partial charge in [0.2, 0.25) is 18.9 Å². The van der Waals surface area contributed by atoms with Crippen LogP contribution >= 0.6 is 0 Å². The fourth-order valence-electron chi connectivity index (χ4n) is 4.47. The van der Waals surface area contributed by atoms with Gasteiger partial charge in [0, 0.05) is 32.6 Å². The summed E-state index contributed by atoms with van der Waals surface area (Å²) in [5, 5.41) is 26.6. The van der Waals surface area contributed by atoms with E-state index in [9.17, 15) is 24.4 Å². The number of benzene rings is 2. The van der Waals surface area contributed by atoms with E-state index in [1.807, 2.05) is 60.7 Å². The van der Waals surface area contributed by atoms with Gasteiger partial charge in [-0.05, 0) is 36.8 Å². The van der Waals surface area contributed by atoms with E-state index in [1.165, 1.54) is 12.0 Å². The van der Waals surface area contributed by atoms with Crippen molar-refractivity contribution in [3.8, 4) is 0 Å². The predicted octanol–water partition coefficient (Wildman–Crippen LogP) is 0.807. The molecule has 10 nitrogen and oxygen atoms in total. The maximum Gasteiger partial charge on any atom is 0.408 e. The molecule has 0 unspecified atom stereocenters. The van der Waals surface area contributed by atoms with Gasteiger partial charge < -0.3 is 35.1 Å². The van der Waals surface area contributed by atoms with Crippen LogP contribution in [0.2, 0.25) is 0 Å². The van der Waals surface area contributed by atoms with E-state index >= 15 is 0 Å². The Balaban J connectivity index is 1.69. The van der Waals surface area contributed by atoms with Gasteiger partial charge in [-0.2, -0.15) is 0 Å². The molecule has 0 aliphatic carbocycles. The van der Waals surface area contributed by atoms with Crippen molar-refractivity contribution < 1.29 is 33.9 Å². The highest BCUT2D eigenvalue weighted by Crippen LogP contribution is 2.20. The third kappa shape index (κ3) is 8.86. The van der Waals surface area contributed by atoms with Crippen molar-refractivity contribution in [2.45, 2.75) is 56.7 Å². The van der Waals surface area contributed by atoms with Crippen LogP contribution in [-0.2, 0) is 32.1 Å². The normalized spacial score (nSPS) is 16.4. The smallest absolute Gasteiger partial charge is 0.408 e. The van der Waals surface area contributed by atoms with Gasteiger partial charge in [0.25, 0.3) is 0 Å². The summed E-state index contributed by atoms with van der Waals surface area (Å²) in [6, 6.07) is 16.7. The van der Waals surface area contributed by atoms with E-state index in [0.717, 1.165) is 11.1 Å². The van der Waals surface area contributed by atoms with Gasteiger partial charge in [0.1, 0.15) is 18.7 Å². The topological polar surface area (TPSA) is 140 Å². The number of carbonyl (C=O) groups is 3. The van der Waals surface area contributed by atoms with Crippen molar-refractivity contribution >= 4 is 25.0 Å². The first-order valence-corrected chi connectivity index (χ1v) is 12.8. The number of rotatable bonds is 13. The molecule has 0 spiro atoms. The van der Waals surface area contributed by atoms with E-state index < -0.39 is 43.1 Å². The Kier molecular flexibility index (Phi) is 11.6. The third-order valence-corrected chi connectivity index (χ3v) is 6.46.